The van der Waals surface area contributed by atoms with E-state index in [0.29, 0.717) is 6.04 Å². The smallest absolute Gasteiger partial charge is 0.123 e. The van der Waals surface area contributed by atoms with Crippen molar-refractivity contribution in [2.24, 2.45) is 0 Å². The summed E-state index contributed by atoms with van der Waals surface area (Å²) in [7, 11) is 0. The first-order valence-electron chi connectivity index (χ1n) is 7.17. The number of halogens is 1. The topological polar surface area (TPSA) is 29.9 Å². The normalized spacial score (nSPS) is 12.6. The van der Waals surface area contributed by atoms with Gasteiger partial charge in [-0.2, -0.15) is 0 Å². The lowest BCUT2D eigenvalue weighted by Crippen LogP contribution is -2.32. The van der Waals surface area contributed by atoms with Gasteiger partial charge in [-0.3, -0.25) is 0 Å². The molecule has 108 valence electrons. The highest BCUT2D eigenvalue weighted by atomic mass is 19.1. The Balaban J connectivity index is 1.76. The van der Waals surface area contributed by atoms with Crippen molar-refractivity contribution in [3.05, 3.63) is 53.9 Å². The number of aromatic nitrogens is 2. The number of rotatable bonds is 7. The van der Waals surface area contributed by atoms with Crippen molar-refractivity contribution >= 4 is 0 Å². The molecule has 4 heteroatoms. The zero-order valence-corrected chi connectivity index (χ0v) is 12.1. The van der Waals surface area contributed by atoms with E-state index in [1.54, 1.807) is 12.1 Å². The Bertz CT molecular complexity index is 536. The summed E-state index contributed by atoms with van der Waals surface area (Å²) in [6.45, 7) is 6.03. The molecule has 1 heterocycles. The van der Waals surface area contributed by atoms with Crippen LogP contribution in [0.3, 0.4) is 0 Å². The molecule has 0 saturated heterocycles. The van der Waals surface area contributed by atoms with Crippen LogP contribution < -0.4 is 5.32 Å². The Hall–Kier alpha value is -1.68. The van der Waals surface area contributed by atoms with Gasteiger partial charge in [0.15, 0.2) is 0 Å². The lowest BCUT2D eigenvalue weighted by molar-refractivity contribution is 0.471. The fourth-order valence-electron chi connectivity index (χ4n) is 2.34. The zero-order chi connectivity index (χ0) is 14.4. The Morgan fingerprint density at radius 3 is 3.00 bits per heavy atom. The van der Waals surface area contributed by atoms with Crippen LogP contribution in [0.4, 0.5) is 4.39 Å². The van der Waals surface area contributed by atoms with Gasteiger partial charge in [-0.1, -0.05) is 19.1 Å². The number of benzene rings is 1. The van der Waals surface area contributed by atoms with Gasteiger partial charge in [0.05, 0.1) is 0 Å². The number of hydrogen-bond donors (Lipinski definition) is 1. The first-order chi connectivity index (χ1) is 9.69. The maximum absolute atomic E-state index is 13.1. The molecule has 3 nitrogen and oxygen atoms in total. The molecule has 0 aliphatic carbocycles. The summed E-state index contributed by atoms with van der Waals surface area (Å²) in [5, 5.41) is 3.47. The van der Waals surface area contributed by atoms with Crippen LogP contribution in [-0.4, -0.2) is 22.1 Å². The molecule has 0 aliphatic heterocycles. The van der Waals surface area contributed by atoms with Crippen molar-refractivity contribution in [3.63, 3.8) is 0 Å². The largest absolute Gasteiger partial charge is 0.333 e. The average molecular weight is 275 g/mol. The van der Waals surface area contributed by atoms with Crippen molar-refractivity contribution in [2.45, 2.75) is 39.3 Å². The molecule has 1 aromatic carbocycles. The van der Waals surface area contributed by atoms with E-state index in [-0.39, 0.29) is 5.82 Å². The van der Waals surface area contributed by atoms with E-state index >= 15 is 0 Å². The monoisotopic (exact) mass is 275 g/mol. The molecule has 0 bridgehead atoms. The zero-order valence-electron chi connectivity index (χ0n) is 12.1. The van der Waals surface area contributed by atoms with Crippen LogP contribution in [0.1, 0.15) is 25.2 Å². The molecule has 0 radical (unpaired) electrons. The van der Waals surface area contributed by atoms with E-state index in [0.717, 1.165) is 37.3 Å². The second-order valence-corrected chi connectivity index (χ2v) is 5.08. The van der Waals surface area contributed by atoms with Crippen LogP contribution in [0.2, 0.25) is 0 Å². The third-order valence-corrected chi connectivity index (χ3v) is 3.38. The van der Waals surface area contributed by atoms with Gasteiger partial charge in [-0.05, 0) is 37.6 Å². The van der Waals surface area contributed by atoms with Crippen molar-refractivity contribution < 1.29 is 4.39 Å². The van der Waals surface area contributed by atoms with Gasteiger partial charge in [0.2, 0.25) is 0 Å². The fourth-order valence-corrected chi connectivity index (χ4v) is 2.34. The van der Waals surface area contributed by atoms with Crippen molar-refractivity contribution in [1.82, 2.24) is 14.9 Å². The number of imidazole rings is 1. The quantitative estimate of drug-likeness (QED) is 0.842. The van der Waals surface area contributed by atoms with Gasteiger partial charge in [-0.25, -0.2) is 9.37 Å². The number of nitrogens with zero attached hydrogens (tertiary/aromatic N) is 2. The van der Waals surface area contributed by atoms with Gasteiger partial charge >= 0.3 is 0 Å². The van der Waals surface area contributed by atoms with Crippen molar-refractivity contribution in [2.75, 3.05) is 6.54 Å². The number of nitrogens with one attached hydrogen (secondary N) is 1. The highest BCUT2D eigenvalue weighted by molar-refractivity contribution is 5.16. The first kappa shape index (κ1) is 14.7. The third kappa shape index (κ3) is 4.17. The standard InChI is InChI=1S/C16H22FN3/c1-3-16-19-9-10-20(16)12-13(2)18-8-7-14-5-4-6-15(17)11-14/h4-6,9-11,13,18H,3,7-8,12H2,1-2H3. The fraction of sp³-hybridized carbons (Fsp3) is 0.438. The van der Waals surface area contributed by atoms with Crippen molar-refractivity contribution in [1.29, 1.82) is 0 Å². The van der Waals surface area contributed by atoms with Crippen LogP contribution in [-0.2, 0) is 19.4 Å². The predicted molar refractivity (Wildman–Crippen MR) is 79.2 cm³/mol. The minimum Gasteiger partial charge on any atom is -0.333 e. The summed E-state index contributed by atoms with van der Waals surface area (Å²) in [6, 6.07) is 7.15. The van der Waals surface area contributed by atoms with E-state index in [4.69, 9.17) is 0 Å². The van der Waals surface area contributed by atoms with Gasteiger partial charge in [0.1, 0.15) is 11.6 Å². The van der Waals surface area contributed by atoms with Gasteiger partial charge in [0.25, 0.3) is 0 Å². The van der Waals surface area contributed by atoms with Crippen LogP contribution in [0.25, 0.3) is 0 Å². The Morgan fingerprint density at radius 1 is 1.40 bits per heavy atom. The summed E-state index contributed by atoms with van der Waals surface area (Å²) >= 11 is 0. The van der Waals surface area contributed by atoms with Gasteiger partial charge in [-0.15, -0.1) is 0 Å². The highest BCUT2D eigenvalue weighted by Gasteiger charge is 2.06. The summed E-state index contributed by atoms with van der Waals surface area (Å²) in [4.78, 5) is 4.32. The molecule has 2 rings (SSSR count). The van der Waals surface area contributed by atoms with Gasteiger partial charge < -0.3 is 9.88 Å². The molecule has 20 heavy (non-hydrogen) atoms. The van der Waals surface area contributed by atoms with Crippen molar-refractivity contribution in [3.8, 4) is 0 Å². The molecule has 0 saturated carbocycles. The molecule has 2 aromatic rings. The molecular formula is C16H22FN3. The van der Waals surface area contributed by atoms with E-state index in [1.165, 1.54) is 6.07 Å². The first-order valence-corrected chi connectivity index (χ1v) is 7.17. The second kappa shape index (κ2) is 7.20. The number of aryl methyl sites for hydroxylation is 1. The summed E-state index contributed by atoms with van der Waals surface area (Å²) in [6.07, 6.45) is 5.65. The molecule has 1 N–H and O–H groups in total. The Labute approximate surface area is 119 Å². The minimum atomic E-state index is -0.165. The maximum Gasteiger partial charge on any atom is 0.123 e. The molecule has 1 aromatic heterocycles. The lowest BCUT2D eigenvalue weighted by atomic mass is 10.1. The second-order valence-electron chi connectivity index (χ2n) is 5.08. The average Bonchev–Trinajstić information content (AvgIpc) is 2.86. The SMILES string of the molecule is CCc1nccn1CC(C)NCCc1cccc(F)c1. The molecule has 0 spiro atoms. The molecule has 0 fully saturated rings. The molecule has 0 amide bonds. The molecule has 0 aliphatic rings. The molecular weight excluding hydrogens is 253 g/mol. The molecule has 1 atom stereocenters. The molecule has 1 unspecified atom stereocenters. The summed E-state index contributed by atoms with van der Waals surface area (Å²) in [5.41, 5.74) is 1.03. The Kier molecular flexibility index (Phi) is 5.30. The summed E-state index contributed by atoms with van der Waals surface area (Å²) < 4.78 is 15.2. The van der Waals surface area contributed by atoms with Crippen LogP contribution in [0, 0.1) is 5.82 Å². The lowest BCUT2D eigenvalue weighted by Gasteiger charge is -2.16. The van der Waals surface area contributed by atoms with E-state index < -0.39 is 0 Å². The van der Waals surface area contributed by atoms with E-state index in [1.807, 2.05) is 18.5 Å². The summed E-state index contributed by atoms with van der Waals surface area (Å²) in [5.74, 6) is 0.949. The maximum atomic E-state index is 13.1. The minimum absolute atomic E-state index is 0.165. The van der Waals surface area contributed by atoms with Gasteiger partial charge in [0, 0.05) is 31.4 Å². The van der Waals surface area contributed by atoms with E-state index in [9.17, 15) is 4.39 Å². The highest BCUT2D eigenvalue weighted by Crippen LogP contribution is 2.04. The predicted octanol–water partition coefficient (Wildman–Crippen LogP) is 2.81. The van der Waals surface area contributed by atoms with Crippen LogP contribution in [0.15, 0.2) is 36.7 Å². The number of hydrogen-bond acceptors (Lipinski definition) is 2. The third-order valence-electron chi connectivity index (χ3n) is 3.38. The van der Waals surface area contributed by atoms with Crippen LogP contribution >= 0.6 is 0 Å². The Morgan fingerprint density at radius 2 is 2.25 bits per heavy atom. The van der Waals surface area contributed by atoms with Crippen LogP contribution in [0.5, 0.6) is 0 Å². The van der Waals surface area contributed by atoms with E-state index in [2.05, 4.69) is 28.7 Å².